The fourth-order valence-electron chi connectivity index (χ4n) is 1.97. The zero-order valence-corrected chi connectivity index (χ0v) is 11.1. The zero-order valence-electron chi connectivity index (χ0n) is 10.4. The van der Waals surface area contributed by atoms with Crippen molar-refractivity contribution in [2.75, 3.05) is 0 Å². The lowest BCUT2D eigenvalue weighted by Crippen LogP contribution is -2.09. The van der Waals surface area contributed by atoms with Crippen molar-refractivity contribution in [1.82, 2.24) is 34.5 Å². The minimum atomic E-state index is 0.115. The normalized spacial score (nSPS) is 14.7. The maximum atomic E-state index is 5.95. The molecule has 0 amide bonds. The standard InChI is InChI=1S/C12H10ClN7/c13-10-15-11(19-6-1-5-14-19)17-12(16-10)20-7-4-9(18-20)8-2-3-8/h1,4-8H,2-3H2. The van der Waals surface area contributed by atoms with Crippen LogP contribution < -0.4 is 0 Å². The van der Waals surface area contributed by atoms with Crippen molar-refractivity contribution in [2.24, 2.45) is 0 Å². The second kappa shape index (κ2) is 4.38. The fourth-order valence-corrected chi connectivity index (χ4v) is 2.12. The minimum Gasteiger partial charge on any atom is -0.206 e. The van der Waals surface area contributed by atoms with Crippen molar-refractivity contribution in [3.05, 3.63) is 41.7 Å². The second-order valence-electron chi connectivity index (χ2n) is 4.61. The van der Waals surface area contributed by atoms with Gasteiger partial charge in [0, 0.05) is 24.5 Å². The average molecular weight is 288 g/mol. The summed E-state index contributed by atoms with van der Waals surface area (Å²) in [4.78, 5) is 12.5. The number of hydrogen-bond donors (Lipinski definition) is 0. The smallest absolute Gasteiger partial charge is 0.206 e. The van der Waals surface area contributed by atoms with Gasteiger partial charge in [0.15, 0.2) is 0 Å². The molecular weight excluding hydrogens is 278 g/mol. The number of hydrogen-bond acceptors (Lipinski definition) is 5. The van der Waals surface area contributed by atoms with Gasteiger partial charge in [-0.25, -0.2) is 9.36 Å². The van der Waals surface area contributed by atoms with Gasteiger partial charge in [0.25, 0.3) is 11.9 Å². The molecule has 0 aliphatic heterocycles. The summed E-state index contributed by atoms with van der Waals surface area (Å²) in [5.74, 6) is 1.34. The molecular formula is C12H10ClN7. The van der Waals surface area contributed by atoms with E-state index >= 15 is 0 Å². The first kappa shape index (κ1) is 11.5. The summed E-state index contributed by atoms with van der Waals surface area (Å²) < 4.78 is 3.15. The van der Waals surface area contributed by atoms with Gasteiger partial charge in [0.1, 0.15) is 0 Å². The highest BCUT2D eigenvalue weighted by atomic mass is 35.5. The molecule has 0 N–H and O–H groups in total. The van der Waals surface area contributed by atoms with E-state index in [1.165, 1.54) is 17.5 Å². The van der Waals surface area contributed by atoms with Crippen LogP contribution in [0.3, 0.4) is 0 Å². The molecule has 100 valence electrons. The Balaban J connectivity index is 1.76. The van der Waals surface area contributed by atoms with Gasteiger partial charge in [-0.05, 0) is 36.6 Å². The molecule has 0 radical (unpaired) electrons. The zero-order chi connectivity index (χ0) is 13.5. The SMILES string of the molecule is Clc1nc(-n2cccn2)nc(-n2ccc(C3CC3)n2)n1. The maximum Gasteiger partial charge on any atom is 0.256 e. The highest BCUT2D eigenvalue weighted by Crippen LogP contribution is 2.38. The average Bonchev–Trinajstić information content (AvgIpc) is 2.97. The van der Waals surface area contributed by atoms with Crippen LogP contribution in [-0.2, 0) is 0 Å². The van der Waals surface area contributed by atoms with Crippen LogP contribution in [0.1, 0.15) is 24.5 Å². The molecule has 7 nitrogen and oxygen atoms in total. The van der Waals surface area contributed by atoms with Gasteiger partial charge < -0.3 is 0 Å². The molecule has 1 fully saturated rings. The van der Waals surface area contributed by atoms with Crippen molar-refractivity contribution >= 4 is 11.6 Å². The third-order valence-electron chi connectivity index (χ3n) is 3.10. The Kier molecular flexibility index (Phi) is 2.53. The molecule has 1 aliphatic carbocycles. The molecule has 1 aliphatic rings. The Bertz CT molecular complexity index is 745. The lowest BCUT2D eigenvalue weighted by atomic mass is 10.3. The summed E-state index contributed by atoms with van der Waals surface area (Å²) in [6.07, 6.45) is 7.64. The van der Waals surface area contributed by atoms with Crippen LogP contribution in [0.5, 0.6) is 0 Å². The van der Waals surface area contributed by atoms with Gasteiger partial charge in [-0.2, -0.15) is 25.1 Å². The van der Waals surface area contributed by atoms with Crippen LogP contribution in [0.4, 0.5) is 0 Å². The van der Waals surface area contributed by atoms with E-state index in [1.54, 1.807) is 23.1 Å². The summed E-state index contributed by atoms with van der Waals surface area (Å²) in [5.41, 5.74) is 1.07. The Labute approximate surface area is 119 Å². The summed E-state index contributed by atoms with van der Waals surface area (Å²) in [6, 6.07) is 3.78. The molecule has 0 bridgehead atoms. The third-order valence-corrected chi connectivity index (χ3v) is 3.27. The van der Waals surface area contributed by atoms with Gasteiger partial charge in [0.2, 0.25) is 5.28 Å². The molecule has 20 heavy (non-hydrogen) atoms. The van der Waals surface area contributed by atoms with Gasteiger partial charge in [0.05, 0.1) is 5.69 Å². The molecule has 0 spiro atoms. The minimum absolute atomic E-state index is 0.115. The van der Waals surface area contributed by atoms with E-state index in [-0.39, 0.29) is 5.28 Å². The van der Waals surface area contributed by atoms with Crippen LogP contribution in [0.15, 0.2) is 30.7 Å². The third kappa shape index (κ3) is 2.05. The van der Waals surface area contributed by atoms with E-state index in [1.807, 2.05) is 12.3 Å². The predicted octanol–water partition coefficient (Wildman–Crippen LogP) is 1.77. The first-order chi connectivity index (χ1) is 9.79. The summed E-state index contributed by atoms with van der Waals surface area (Å²) in [5, 5.41) is 8.68. The molecule has 3 aromatic heterocycles. The van der Waals surface area contributed by atoms with Crippen molar-refractivity contribution in [3.63, 3.8) is 0 Å². The topological polar surface area (TPSA) is 74.3 Å². The Hall–Kier alpha value is -2.28. The molecule has 0 unspecified atom stereocenters. The van der Waals surface area contributed by atoms with E-state index < -0.39 is 0 Å². The Morgan fingerprint density at radius 2 is 1.85 bits per heavy atom. The van der Waals surface area contributed by atoms with E-state index in [0.29, 0.717) is 17.8 Å². The molecule has 8 heteroatoms. The van der Waals surface area contributed by atoms with Crippen molar-refractivity contribution in [3.8, 4) is 11.9 Å². The number of aromatic nitrogens is 7. The Morgan fingerprint density at radius 1 is 1.05 bits per heavy atom. The highest BCUT2D eigenvalue weighted by Gasteiger charge is 2.26. The Morgan fingerprint density at radius 3 is 2.55 bits per heavy atom. The monoisotopic (exact) mass is 287 g/mol. The van der Waals surface area contributed by atoms with Crippen LogP contribution in [0.2, 0.25) is 5.28 Å². The molecule has 1 saturated carbocycles. The number of rotatable bonds is 3. The van der Waals surface area contributed by atoms with Crippen molar-refractivity contribution < 1.29 is 0 Å². The summed E-state index contributed by atoms with van der Waals surface area (Å²) >= 11 is 5.95. The summed E-state index contributed by atoms with van der Waals surface area (Å²) in [6.45, 7) is 0. The number of nitrogens with zero attached hydrogens (tertiary/aromatic N) is 7. The van der Waals surface area contributed by atoms with Crippen LogP contribution in [0, 0.1) is 0 Å². The summed E-state index contributed by atoms with van der Waals surface area (Å²) in [7, 11) is 0. The molecule has 0 saturated heterocycles. The van der Waals surface area contributed by atoms with Crippen LogP contribution >= 0.6 is 11.6 Å². The van der Waals surface area contributed by atoms with Gasteiger partial charge >= 0.3 is 0 Å². The van der Waals surface area contributed by atoms with Gasteiger partial charge in [-0.3, -0.25) is 0 Å². The molecule has 0 atom stereocenters. The van der Waals surface area contributed by atoms with E-state index in [4.69, 9.17) is 11.6 Å². The quantitative estimate of drug-likeness (QED) is 0.734. The fraction of sp³-hybridized carbons (Fsp3) is 0.250. The van der Waals surface area contributed by atoms with E-state index in [2.05, 4.69) is 25.1 Å². The highest BCUT2D eigenvalue weighted by molar-refractivity contribution is 6.28. The van der Waals surface area contributed by atoms with Crippen molar-refractivity contribution in [1.29, 1.82) is 0 Å². The van der Waals surface area contributed by atoms with E-state index in [9.17, 15) is 0 Å². The number of halogens is 1. The molecule has 4 rings (SSSR count). The second-order valence-corrected chi connectivity index (χ2v) is 4.95. The molecule has 3 aromatic rings. The maximum absolute atomic E-state index is 5.95. The van der Waals surface area contributed by atoms with Crippen LogP contribution in [0.25, 0.3) is 11.9 Å². The predicted molar refractivity (Wildman–Crippen MR) is 71.1 cm³/mol. The van der Waals surface area contributed by atoms with Crippen LogP contribution in [-0.4, -0.2) is 34.5 Å². The lowest BCUT2D eigenvalue weighted by molar-refractivity contribution is 0.735. The van der Waals surface area contributed by atoms with Gasteiger partial charge in [-0.15, -0.1) is 0 Å². The molecule has 3 heterocycles. The first-order valence-corrected chi connectivity index (χ1v) is 6.65. The van der Waals surface area contributed by atoms with Crippen molar-refractivity contribution in [2.45, 2.75) is 18.8 Å². The lowest BCUT2D eigenvalue weighted by Gasteiger charge is -2.03. The van der Waals surface area contributed by atoms with Gasteiger partial charge in [-0.1, -0.05) is 0 Å². The molecule has 0 aromatic carbocycles. The first-order valence-electron chi connectivity index (χ1n) is 6.27. The van der Waals surface area contributed by atoms with E-state index in [0.717, 1.165) is 5.69 Å². The largest absolute Gasteiger partial charge is 0.256 e.